The first kappa shape index (κ1) is 17.3. The van der Waals surface area contributed by atoms with Crippen molar-refractivity contribution < 1.29 is 14.3 Å². The highest BCUT2D eigenvalue weighted by Gasteiger charge is 2.14. The number of ketones is 1. The van der Waals surface area contributed by atoms with Crippen LogP contribution in [-0.2, 0) is 0 Å². The van der Waals surface area contributed by atoms with Gasteiger partial charge in [0.1, 0.15) is 5.75 Å². The van der Waals surface area contributed by atoms with Gasteiger partial charge in [0.05, 0.1) is 12.8 Å². The molecular formula is C19H20N2O3. The van der Waals surface area contributed by atoms with Crippen molar-refractivity contribution in [3.8, 4) is 5.75 Å². The second-order valence-corrected chi connectivity index (χ2v) is 5.38. The van der Waals surface area contributed by atoms with Gasteiger partial charge in [-0.15, -0.1) is 0 Å². The summed E-state index contributed by atoms with van der Waals surface area (Å²) in [7, 11) is 5.19. The predicted octanol–water partition coefficient (Wildman–Crippen LogP) is 3.21. The Bertz CT molecular complexity index is 752. The molecule has 2 aromatic rings. The lowest BCUT2D eigenvalue weighted by Crippen LogP contribution is -2.14. The van der Waals surface area contributed by atoms with E-state index in [2.05, 4.69) is 5.32 Å². The summed E-state index contributed by atoms with van der Waals surface area (Å²) in [6.07, 6.45) is 3.12. The summed E-state index contributed by atoms with van der Waals surface area (Å²) in [5, 5.41) is 2.78. The number of amides is 1. The van der Waals surface area contributed by atoms with E-state index in [0.717, 1.165) is 0 Å². The van der Waals surface area contributed by atoms with Crippen LogP contribution < -0.4 is 10.1 Å². The van der Waals surface area contributed by atoms with Crippen molar-refractivity contribution in [3.05, 3.63) is 71.9 Å². The van der Waals surface area contributed by atoms with Gasteiger partial charge < -0.3 is 15.0 Å². The van der Waals surface area contributed by atoms with Crippen molar-refractivity contribution in [2.75, 3.05) is 26.5 Å². The lowest BCUT2D eigenvalue weighted by molar-refractivity contribution is 0.102. The number of hydrogen-bond donors (Lipinski definition) is 1. The molecule has 0 unspecified atom stereocenters. The highest BCUT2D eigenvalue weighted by Crippen LogP contribution is 2.24. The average molecular weight is 324 g/mol. The predicted molar refractivity (Wildman–Crippen MR) is 94.5 cm³/mol. The number of ether oxygens (including phenoxy) is 1. The van der Waals surface area contributed by atoms with Gasteiger partial charge in [-0.25, -0.2) is 0 Å². The second kappa shape index (κ2) is 7.97. The molecule has 0 aliphatic rings. The maximum Gasteiger partial charge on any atom is 0.255 e. The van der Waals surface area contributed by atoms with Gasteiger partial charge in [-0.1, -0.05) is 18.2 Å². The van der Waals surface area contributed by atoms with Gasteiger partial charge >= 0.3 is 0 Å². The lowest BCUT2D eigenvalue weighted by atomic mass is 10.1. The molecule has 5 nitrogen and oxygen atoms in total. The van der Waals surface area contributed by atoms with E-state index in [1.54, 1.807) is 53.6 Å². The lowest BCUT2D eigenvalue weighted by Gasteiger charge is -2.12. The van der Waals surface area contributed by atoms with Crippen LogP contribution in [0.25, 0.3) is 0 Å². The van der Waals surface area contributed by atoms with Crippen LogP contribution in [0, 0.1) is 0 Å². The molecule has 0 aromatic heterocycles. The third kappa shape index (κ3) is 4.46. The van der Waals surface area contributed by atoms with Crippen molar-refractivity contribution in [3.63, 3.8) is 0 Å². The van der Waals surface area contributed by atoms with E-state index >= 15 is 0 Å². The number of nitrogens with zero attached hydrogens (tertiary/aromatic N) is 1. The first-order valence-electron chi connectivity index (χ1n) is 7.44. The molecule has 1 amide bonds. The molecule has 0 saturated carbocycles. The Kier molecular flexibility index (Phi) is 5.73. The normalized spacial score (nSPS) is 10.5. The molecule has 0 aliphatic heterocycles. The Labute approximate surface area is 141 Å². The molecule has 1 N–H and O–H groups in total. The van der Waals surface area contributed by atoms with Gasteiger partial charge in [0, 0.05) is 43.6 Å². The van der Waals surface area contributed by atoms with Crippen LogP contribution in [0.1, 0.15) is 20.7 Å². The second-order valence-electron chi connectivity index (χ2n) is 5.38. The van der Waals surface area contributed by atoms with Crippen LogP contribution in [0.5, 0.6) is 5.75 Å². The van der Waals surface area contributed by atoms with Crippen LogP contribution in [-0.4, -0.2) is 37.8 Å². The summed E-state index contributed by atoms with van der Waals surface area (Å²) in [5.74, 6) is 0.0794. The monoisotopic (exact) mass is 324 g/mol. The van der Waals surface area contributed by atoms with Crippen LogP contribution in [0.4, 0.5) is 5.69 Å². The SMILES string of the molecule is COc1ccc(C(=O)/C=C/N(C)C)c(NC(=O)c2ccccc2)c1. The van der Waals surface area contributed by atoms with Gasteiger partial charge in [0.25, 0.3) is 5.91 Å². The zero-order chi connectivity index (χ0) is 17.5. The van der Waals surface area contributed by atoms with Crippen molar-refractivity contribution in [1.29, 1.82) is 0 Å². The number of carbonyl (C=O) groups excluding carboxylic acids is 2. The van der Waals surface area contributed by atoms with Crippen LogP contribution in [0.3, 0.4) is 0 Å². The number of allylic oxidation sites excluding steroid dienone is 1. The van der Waals surface area contributed by atoms with Gasteiger partial charge in [0.15, 0.2) is 5.78 Å². The third-order valence-electron chi connectivity index (χ3n) is 3.30. The molecule has 0 atom stereocenters. The molecular weight excluding hydrogens is 304 g/mol. The van der Waals surface area contributed by atoms with Crippen LogP contribution >= 0.6 is 0 Å². The minimum Gasteiger partial charge on any atom is -0.497 e. The van der Waals surface area contributed by atoms with Crippen molar-refractivity contribution in [1.82, 2.24) is 4.90 Å². The Morgan fingerprint density at radius 1 is 1.08 bits per heavy atom. The van der Waals surface area contributed by atoms with Crippen LogP contribution in [0.15, 0.2) is 60.8 Å². The molecule has 5 heteroatoms. The molecule has 124 valence electrons. The molecule has 0 bridgehead atoms. The number of rotatable bonds is 6. The maximum absolute atomic E-state index is 12.4. The maximum atomic E-state index is 12.4. The van der Waals surface area contributed by atoms with Gasteiger partial charge in [-0.2, -0.15) is 0 Å². The molecule has 0 radical (unpaired) electrons. The fraction of sp³-hybridized carbons (Fsp3) is 0.158. The Hall–Kier alpha value is -3.08. The van der Waals surface area contributed by atoms with Crippen molar-refractivity contribution >= 4 is 17.4 Å². The summed E-state index contributed by atoms with van der Waals surface area (Å²) in [5.41, 5.74) is 1.33. The standard InChI is InChI=1S/C19H20N2O3/c1-21(2)12-11-18(22)16-10-9-15(24-3)13-17(16)20-19(23)14-7-5-4-6-8-14/h4-13H,1-3H3,(H,20,23)/b12-11+. The molecule has 0 saturated heterocycles. The van der Waals surface area contributed by atoms with Gasteiger partial charge in [0.2, 0.25) is 0 Å². The summed E-state index contributed by atoms with van der Waals surface area (Å²) in [4.78, 5) is 26.5. The summed E-state index contributed by atoms with van der Waals surface area (Å²) in [6, 6.07) is 13.8. The number of hydrogen-bond acceptors (Lipinski definition) is 4. The fourth-order valence-electron chi connectivity index (χ4n) is 2.06. The molecule has 24 heavy (non-hydrogen) atoms. The van der Waals surface area contributed by atoms with E-state index in [9.17, 15) is 9.59 Å². The Morgan fingerprint density at radius 3 is 2.42 bits per heavy atom. The topological polar surface area (TPSA) is 58.6 Å². The Balaban J connectivity index is 2.32. The molecule has 0 aliphatic carbocycles. The number of carbonyl (C=O) groups is 2. The highest BCUT2D eigenvalue weighted by molar-refractivity contribution is 6.13. The van der Waals surface area contributed by atoms with E-state index in [0.29, 0.717) is 22.6 Å². The number of anilines is 1. The molecule has 0 spiro atoms. The van der Waals surface area contributed by atoms with E-state index in [1.807, 2.05) is 20.2 Å². The molecule has 2 aromatic carbocycles. The number of benzene rings is 2. The zero-order valence-electron chi connectivity index (χ0n) is 13.9. The third-order valence-corrected chi connectivity index (χ3v) is 3.30. The smallest absolute Gasteiger partial charge is 0.255 e. The van der Waals surface area contributed by atoms with Crippen LogP contribution in [0.2, 0.25) is 0 Å². The number of methoxy groups -OCH3 is 1. The van der Waals surface area contributed by atoms with Gasteiger partial charge in [-0.05, 0) is 24.3 Å². The van der Waals surface area contributed by atoms with Crippen molar-refractivity contribution in [2.24, 2.45) is 0 Å². The minimum absolute atomic E-state index is 0.199. The van der Waals surface area contributed by atoms with E-state index in [4.69, 9.17) is 4.74 Å². The molecule has 0 fully saturated rings. The molecule has 0 heterocycles. The average Bonchev–Trinajstić information content (AvgIpc) is 2.60. The van der Waals surface area contributed by atoms with E-state index in [1.165, 1.54) is 13.2 Å². The minimum atomic E-state index is -0.283. The quantitative estimate of drug-likeness (QED) is 0.655. The summed E-state index contributed by atoms with van der Waals surface area (Å²) >= 11 is 0. The summed E-state index contributed by atoms with van der Waals surface area (Å²) < 4.78 is 5.19. The van der Waals surface area contributed by atoms with E-state index in [-0.39, 0.29) is 11.7 Å². The van der Waals surface area contributed by atoms with E-state index < -0.39 is 0 Å². The fourth-order valence-corrected chi connectivity index (χ4v) is 2.06. The zero-order valence-corrected chi connectivity index (χ0v) is 13.9. The number of nitrogens with one attached hydrogen (secondary N) is 1. The first-order valence-corrected chi connectivity index (χ1v) is 7.44. The largest absolute Gasteiger partial charge is 0.497 e. The Morgan fingerprint density at radius 2 is 1.79 bits per heavy atom. The first-order chi connectivity index (χ1) is 11.5. The highest BCUT2D eigenvalue weighted by atomic mass is 16.5. The van der Waals surface area contributed by atoms with Gasteiger partial charge in [-0.3, -0.25) is 9.59 Å². The van der Waals surface area contributed by atoms with Crippen molar-refractivity contribution in [2.45, 2.75) is 0 Å². The molecule has 2 rings (SSSR count). The summed E-state index contributed by atoms with van der Waals surface area (Å²) in [6.45, 7) is 0.